The fraction of sp³-hybridized carbons (Fsp3) is 0.294. The SMILES string of the molecule is COc1ccc(CCNCc2cc(Br)ccc2OC)cc1. The third-order valence-corrected chi connectivity index (χ3v) is 3.80. The molecular formula is C17H20BrNO2. The maximum Gasteiger partial charge on any atom is 0.123 e. The summed E-state index contributed by atoms with van der Waals surface area (Å²) in [6.07, 6.45) is 0.986. The molecule has 0 aliphatic carbocycles. The molecule has 0 heterocycles. The zero-order valence-corrected chi connectivity index (χ0v) is 13.9. The Bertz CT molecular complexity index is 570. The van der Waals surface area contributed by atoms with Crippen LogP contribution in [0.25, 0.3) is 0 Å². The van der Waals surface area contributed by atoms with E-state index >= 15 is 0 Å². The lowest BCUT2D eigenvalue weighted by molar-refractivity contribution is 0.407. The molecule has 0 fully saturated rings. The normalized spacial score (nSPS) is 10.4. The summed E-state index contributed by atoms with van der Waals surface area (Å²) in [6, 6.07) is 14.2. The molecule has 2 aromatic rings. The van der Waals surface area contributed by atoms with Gasteiger partial charge in [0.25, 0.3) is 0 Å². The lowest BCUT2D eigenvalue weighted by Gasteiger charge is -2.10. The summed E-state index contributed by atoms with van der Waals surface area (Å²) in [6.45, 7) is 1.71. The number of benzene rings is 2. The smallest absolute Gasteiger partial charge is 0.123 e. The average Bonchev–Trinajstić information content (AvgIpc) is 2.52. The third kappa shape index (κ3) is 4.76. The first-order valence-corrected chi connectivity index (χ1v) is 7.68. The Hall–Kier alpha value is -1.52. The monoisotopic (exact) mass is 349 g/mol. The van der Waals surface area contributed by atoms with Crippen molar-refractivity contribution in [1.82, 2.24) is 5.32 Å². The summed E-state index contributed by atoms with van der Waals surface area (Å²) in [5.41, 5.74) is 2.45. The molecule has 0 bridgehead atoms. The third-order valence-electron chi connectivity index (χ3n) is 3.31. The van der Waals surface area contributed by atoms with E-state index < -0.39 is 0 Å². The summed E-state index contributed by atoms with van der Waals surface area (Å²) in [5.74, 6) is 1.81. The molecule has 0 spiro atoms. The summed E-state index contributed by atoms with van der Waals surface area (Å²) in [5, 5.41) is 3.45. The highest BCUT2D eigenvalue weighted by atomic mass is 79.9. The highest BCUT2D eigenvalue weighted by Gasteiger charge is 2.03. The molecule has 0 saturated carbocycles. The molecule has 0 amide bonds. The van der Waals surface area contributed by atoms with Crippen LogP contribution in [0.4, 0.5) is 0 Å². The van der Waals surface area contributed by atoms with E-state index in [1.54, 1.807) is 14.2 Å². The Kier molecular flexibility index (Phi) is 6.08. The summed E-state index contributed by atoms with van der Waals surface area (Å²) in [4.78, 5) is 0. The number of halogens is 1. The van der Waals surface area contributed by atoms with Gasteiger partial charge in [0.15, 0.2) is 0 Å². The highest BCUT2D eigenvalue weighted by Crippen LogP contribution is 2.22. The highest BCUT2D eigenvalue weighted by molar-refractivity contribution is 9.10. The first-order valence-electron chi connectivity index (χ1n) is 6.89. The van der Waals surface area contributed by atoms with Crippen molar-refractivity contribution >= 4 is 15.9 Å². The number of ether oxygens (including phenoxy) is 2. The van der Waals surface area contributed by atoms with Crippen LogP contribution in [-0.2, 0) is 13.0 Å². The fourth-order valence-electron chi connectivity index (χ4n) is 2.13. The van der Waals surface area contributed by atoms with Gasteiger partial charge in [-0.1, -0.05) is 28.1 Å². The zero-order chi connectivity index (χ0) is 15.1. The molecule has 0 saturated heterocycles. The predicted molar refractivity (Wildman–Crippen MR) is 89.1 cm³/mol. The van der Waals surface area contributed by atoms with Crippen molar-refractivity contribution in [3.63, 3.8) is 0 Å². The number of methoxy groups -OCH3 is 2. The lowest BCUT2D eigenvalue weighted by atomic mass is 10.1. The minimum absolute atomic E-state index is 0.790. The quantitative estimate of drug-likeness (QED) is 0.771. The second-order valence-corrected chi connectivity index (χ2v) is 5.65. The van der Waals surface area contributed by atoms with Crippen LogP contribution in [0.5, 0.6) is 11.5 Å². The Labute approximate surface area is 134 Å². The van der Waals surface area contributed by atoms with E-state index in [1.165, 1.54) is 5.56 Å². The van der Waals surface area contributed by atoms with Crippen molar-refractivity contribution in [2.75, 3.05) is 20.8 Å². The van der Waals surface area contributed by atoms with E-state index in [9.17, 15) is 0 Å². The van der Waals surface area contributed by atoms with Crippen LogP contribution in [-0.4, -0.2) is 20.8 Å². The molecule has 2 rings (SSSR count). The van der Waals surface area contributed by atoms with Gasteiger partial charge in [0.2, 0.25) is 0 Å². The minimum Gasteiger partial charge on any atom is -0.497 e. The van der Waals surface area contributed by atoms with Crippen molar-refractivity contribution in [2.45, 2.75) is 13.0 Å². The molecule has 0 atom stereocenters. The van der Waals surface area contributed by atoms with Crippen molar-refractivity contribution in [1.29, 1.82) is 0 Å². The van der Waals surface area contributed by atoms with Crippen molar-refractivity contribution < 1.29 is 9.47 Å². The van der Waals surface area contributed by atoms with E-state index in [-0.39, 0.29) is 0 Å². The molecule has 4 heteroatoms. The average molecular weight is 350 g/mol. The Balaban J connectivity index is 1.82. The van der Waals surface area contributed by atoms with Crippen LogP contribution in [0.1, 0.15) is 11.1 Å². The topological polar surface area (TPSA) is 30.5 Å². The first kappa shape index (κ1) is 15.9. The molecule has 2 aromatic carbocycles. The molecule has 0 radical (unpaired) electrons. The minimum atomic E-state index is 0.790. The van der Waals surface area contributed by atoms with Gasteiger partial charge in [-0.25, -0.2) is 0 Å². The Morgan fingerprint density at radius 1 is 1.00 bits per heavy atom. The van der Waals surface area contributed by atoms with Crippen molar-refractivity contribution in [2.24, 2.45) is 0 Å². The van der Waals surface area contributed by atoms with Crippen LogP contribution < -0.4 is 14.8 Å². The largest absolute Gasteiger partial charge is 0.497 e. The summed E-state index contributed by atoms with van der Waals surface area (Å²) < 4.78 is 11.6. The number of rotatable bonds is 7. The molecular weight excluding hydrogens is 330 g/mol. The molecule has 0 unspecified atom stereocenters. The van der Waals surface area contributed by atoms with E-state index in [4.69, 9.17) is 9.47 Å². The summed E-state index contributed by atoms with van der Waals surface area (Å²) >= 11 is 3.49. The second kappa shape index (κ2) is 8.05. The molecule has 3 nitrogen and oxygen atoms in total. The standard InChI is InChI=1S/C17H20BrNO2/c1-20-16-6-3-13(4-7-16)9-10-19-12-14-11-15(18)5-8-17(14)21-2/h3-8,11,19H,9-10,12H2,1-2H3. The van der Waals surface area contributed by atoms with E-state index in [0.717, 1.165) is 41.0 Å². The van der Waals surface area contributed by atoms with Crippen LogP contribution in [0.15, 0.2) is 46.9 Å². The van der Waals surface area contributed by atoms with Gasteiger partial charge in [-0.3, -0.25) is 0 Å². The van der Waals surface area contributed by atoms with Gasteiger partial charge in [0, 0.05) is 16.6 Å². The van der Waals surface area contributed by atoms with E-state index in [0.29, 0.717) is 0 Å². The molecule has 1 N–H and O–H groups in total. The molecule has 0 aromatic heterocycles. The maximum atomic E-state index is 5.37. The number of hydrogen-bond donors (Lipinski definition) is 1. The maximum absolute atomic E-state index is 5.37. The van der Waals surface area contributed by atoms with Gasteiger partial charge in [0.1, 0.15) is 11.5 Å². The van der Waals surface area contributed by atoms with Gasteiger partial charge in [-0.2, -0.15) is 0 Å². The van der Waals surface area contributed by atoms with Gasteiger partial charge < -0.3 is 14.8 Å². The molecule has 112 valence electrons. The van der Waals surface area contributed by atoms with Crippen LogP contribution >= 0.6 is 15.9 Å². The number of nitrogens with one attached hydrogen (secondary N) is 1. The Morgan fingerprint density at radius 2 is 1.76 bits per heavy atom. The van der Waals surface area contributed by atoms with Crippen LogP contribution in [0.2, 0.25) is 0 Å². The van der Waals surface area contributed by atoms with E-state index in [1.807, 2.05) is 24.3 Å². The van der Waals surface area contributed by atoms with Gasteiger partial charge >= 0.3 is 0 Å². The molecule has 0 aliphatic rings. The zero-order valence-electron chi connectivity index (χ0n) is 12.4. The van der Waals surface area contributed by atoms with Gasteiger partial charge in [-0.05, 0) is 48.9 Å². The predicted octanol–water partition coefficient (Wildman–Crippen LogP) is 3.80. The summed E-state index contributed by atoms with van der Waals surface area (Å²) in [7, 11) is 3.38. The van der Waals surface area contributed by atoms with Crippen molar-refractivity contribution in [3.05, 3.63) is 58.1 Å². The van der Waals surface area contributed by atoms with E-state index in [2.05, 4.69) is 39.4 Å². The Morgan fingerprint density at radius 3 is 2.43 bits per heavy atom. The molecule has 21 heavy (non-hydrogen) atoms. The lowest BCUT2D eigenvalue weighted by Crippen LogP contribution is -2.17. The molecule has 0 aliphatic heterocycles. The fourth-order valence-corrected chi connectivity index (χ4v) is 2.54. The van der Waals surface area contributed by atoms with Crippen LogP contribution in [0.3, 0.4) is 0 Å². The van der Waals surface area contributed by atoms with Crippen molar-refractivity contribution in [3.8, 4) is 11.5 Å². The van der Waals surface area contributed by atoms with Gasteiger partial charge in [0.05, 0.1) is 14.2 Å². The van der Waals surface area contributed by atoms with Gasteiger partial charge in [-0.15, -0.1) is 0 Å². The number of hydrogen-bond acceptors (Lipinski definition) is 3. The van der Waals surface area contributed by atoms with Crippen LogP contribution in [0, 0.1) is 0 Å². The second-order valence-electron chi connectivity index (χ2n) is 4.73. The first-order chi connectivity index (χ1) is 10.2.